The second-order valence-corrected chi connectivity index (χ2v) is 8.40. The van der Waals surface area contributed by atoms with Gasteiger partial charge in [-0.05, 0) is 41.3 Å². The summed E-state index contributed by atoms with van der Waals surface area (Å²) in [6.45, 7) is 0.103. The smallest absolute Gasteiger partial charge is 0.287 e. The van der Waals surface area contributed by atoms with Gasteiger partial charge in [0, 0.05) is 4.88 Å². The van der Waals surface area contributed by atoms with E-state index in [1.54, 1.807) is 30.3 Å². The minimum atomic E-state index is -0.911. The molecule has 4 aromatic rings. The predicted molar refractivity (Wildman–Crippen MR) is 126 cm³/mol. The highest BCUT2D eigenvalue weighted by molar-refractivity contribution is 7.09. The maximum atomic E-state index is 13.4. The molecule has 34 heavy (non-hydrogen) atoms. The number of thiophene rings is 1. The van der Waals surface area contributed by atoms with Crippen LogP contribution in [0.4, 0.5) is 0 Å². The maximum absolute atomic E-state index is 13.4. The number of carbonyl (C=O) groups is 3. The van der Waals surface area contributed by atoms with Crippen molar-refractivity contribution >= 4 is 29.1 Å². The van der Waals surface area contributed by atoms with Gasteiger partial charge in [-0.2, -0.15) is 0 Å². The Bertz CT molecular complexity index is 1190. The second kappa shape index (κ2) is 11.2. The van der Waals surface area contributed by atoms with Gasteiger partial charge in [0.05, 0.1) is 32.2 Å². The topological polar surface area (TPSA) is 105 Å². The van der Waals surface area contributed by atoms with E-state index in [9.17, 15) is 14.4 Å². The van der Waals surface area contributed by atoms with Gasteiger partial charge in [-0.3, -0.25) is 14.4 Å². The molecule has 2 N–H and O–H groups in total. The van der Waals surface area contributed by atoms with E-state index in [1.807, 2.05) is 35.7 Å². The normalized spacial score (nSPS) is 11.5. The lowest BCUT2D eigenvalue weighted by Gasteiger charge is -2.31. The first-order valence-electron chi connectivity index (χ1n) is 10.6. The monoisotopic (exact) mass is 477 g/mol. The Kier molecular flexibility index (Phi) is 7.56. The van der Waals surface area contributed by atoms with Crippen molar-refractivity contribution < 1.29 is 23.2 Å². The molecule has 8 nitrogen and oxygen atoms in total. The molecule has 0 unspecified atom stereocenters. The molecule has 0 aliphatic heterocycles. The standard InChI is InChI=1S/C25H23N3O5S/c29-22(16-27-24(30)21-11-5-13-33-21)28(17-20-10-6-14-34-20)23(18-7-2-1-3-8-18)25(31)26-15-19-9-4-12-32-19/h1-14,23H,15-17H2,(H,26,31)(H,27,30)/t23-/m0/s1. The molecule has 0 bridgehead atoms. The molecule has 0 saturated carbocycles. The van der Waals surface area contributed by atoms with Crippen LogP contribution >= 0.6 is 11.3 Å². The SMILES string of the molecule is O=C(NCC(=O)N(Cc1cccs1)[C@H](C(=O)NCc1ccco1)c1ccccc1)c1ccco1. The fraction of sp³-hybridized carbons (Fsp3) is 0.160. The Morgan fingerprint density at radius 1 is 0.882 bits per heavy atom. The highest BCUT2D eigenvalue weighted by Gasteiger charge is 2.32. The van der Waals surface area contributed by atoms with Crippen molar-refractivity contribution in [3.05, 3.63) is 107 Å². The van der Waals surface area contributed by atoms with E-state index in [1.165, 1.54) is 34.8 Å². The summed E-state index contributed by atoms with van der Waals surface area (Å²) in [6, 6.07) is 18.5. The molecular formula is C25H23N3O5S. The van der Waals surface area contributed by atoms with E-state index in [-0.39, 0.29) is 31.3 Å². The average Bonchev–Trinajstić information content (AvgIpc) is 3.65. The third-order valence-electron chi connectivity index (χ3n) is 5.06. The Balaban J connectivity index is 1.58. The summed E-state index contributed by atoms with van der Waals surface area (Å²) in [4.78, 5) is 41.5. The lowest BCUT2D eigenvalue weighted by atomic mass is 10.0. The Hall–Kier alpha value is -4.11. The summed E-state index contributed by atoms with van der Waals surface area (Å²) >= 11 is 1.48. The van der Waals surface area contributed by atoms with Crippen LogP contribution in [0.5, 0.6) is 0 Å². The first-order chi connectivity index (χ1) is 16.6. The van der Waals surface area contributed by atoms with Crippen LogP contribution in [0.1, 0.15) is 32.8 Å². The predicted octanol–water partition coefficient (Wildman–Crippen LogP) is 3.75. The Labute approximate surface area is 200 Å². The number of hydrogen-bond acceptors (Lipinski definition) is 6. The average molecular weight is 478 g/mol. The van der Waals surface area contributed by atoms with Crippen LogP contribution in [-0.4, -0.2) is 29.2 Å². The quantitative estimate of drug-likeness (QED) is 0.362. The number of nitrogens with one attached hydrogen (secondary N) is 2. The van der Waals surface area contributed by atoms with E-state index in [4.69, 9.17) is 8.83 Å². The van der Waals surface area contributed by atoms with Gasteiger partial charge in [0.2, 0.25) is 11.8 Å². The second-order valence-electron chi connectivity index (χ2n) is 7.37. The summed E-state index contributed by atoms with van der Waals surface area (Å²) in [5, 5.41) is 7.35. The maximum Gasteiger partial charge on any atom is 0.287 e. The molecule has 0 aliphatic carbocycles. The fourth-order valence-corrected chi connectivity index (χ4v) is 4.14. The van der Waals surface area contributed by atoms with Crippen molar-refractivity contribution in [2.75, 3.05) is 6.54 Å². The van der Waals surface area contributed by atoms with Crippen LogP contribution in [0.25, 0.3) is 0 Å². The number of carbonyl (C=O) groups excluding carboxylic acids is 3. The van der Waals surface area contributed by atoms with E-state index in [2.05, 4.69) is 10.6 Å². The number of amides is 3. The summed E-state index contributed by atoms with van der Waals surface area (Å²) in [5.41, 5.74) is 0.654. The summed E-state index contributed by atoms with van der Waals surface area (Å²) in [6.07, 6.45) is 2.92. The summed E-state index contributed by atoms with van der Waals surface area (Å²) in [7, 11) is 0. The molecule has 9 heteroatoms. The first kappa shape index (κ1) is 23.1. The number of hydrogen-bond donors (Lipinski definition) is 2. The van der Waals surface area contributed by atoms with Crippen LogP contribution in [0.3, 0.4) is 0 Å². The van der Waals surface area contributed by atoms with E-state index in [0.29, 0.717) is 11.3 Å². The lowest BCUT2D eigenvalue weighted by molar-refractivity contribution is -0.140. The molecule has 3 heterocycles. The largest absolute Gasteiger partial charge is 0.467 e. The van der Waals surface area contributed by atoms with Crippen molar-refractivity contribution in [3.8, 4) is 0 Å². The zero-order valence-corrected chi connectivity index (χ0v) is 19.0. The summed E-state index contributed by atoms with van der Waals surface area (Å²) < 4.78 is 10.4. The van der Waals surface area contributed by atoms with Crippen molar-refractivity contribution in [2.45, 2.75) is 19.1 Å². The number of benzene rings is 1. The number of rotatable bonds is 10. The van der Waals surface area contributed by atoms with Gasteiger partial charge in [0.25, 0.3) is 5.91 Å². The van der Waals surface area contributed by atoms with Crippen molar-refractivity contribution in [1.82, 2.24) is 15.5 Å². The molecule has 4 rings (SSSR count). The molecular weight excluding hydrogens is 454 g/mol. The van der Waals surface area contributed by atoms with Gasteiger partial charge in [-0.25, -0.2) is 0 Å². The molecule has 0 saturated heterocycles. The number of nitrogens with zero attached hydrogens (tertiary/aromatic N) is 1. The van der Waals surface area contributed by atoms with Gasteiger partial charge < -0.3 is 24.4 Å². The van der Waals surface area contributed by atoms with Crippen LogP contribution in [-0.2, 0) is 22.7 Å². The third-order valence-corrected chi connectivity index (χ3v) is 5.93. The fourth-order valence-electron chi connectivity index (χ4n) is 3.44. The zero-order valence-electron chi connectivity index (χ0n) is 18.2. The molecule has 0 spiro atoms. The van der Waals surface area contributed by atoms with Gasteiger partial charge in [-0.15, -0.1) is 11.3 Å². The Morgan fingerprint density at radius 3 is 2.35 bits per heavy atom. The van der Waals surface area contributed by atoms with E-state index < -0.39 is 17.9 Å². The molecule has 0 aliphatic rings. The first-order valence-corrected chi connectivity index (χ1v) is 11.5. The third kappa shape index (κ3) is 5.81. The van der Waals surface area contributed by atoms with Gasteiger partial charge in [-0.1, -0.05) is 36.4 Å². The molecule has 0 fully saturated rings. The van der Waals surface area contributed by atoms with E-state index in [0.717, 1.165) is 4.88 Å². The highest BCUT2D eigenvalue weighted by Crippen LogP contribution is 2.25. The van der Waals surface area contributed by atoms with Crippen LogP contribution < -0.4 is 10.6 Å². The highest BCUT2D eigenvalue weighted by atomic mass is 32.1. The lowest BCUT2D eigenvalue weighted by Crippen LogP contribution is -2.46. The minimum absolute atomic E-state index is 0.105. The molecule has 174 valence electrons. The number of furan rings is 2. The van der Waals surface area contributed by atoms with Crippen molar-refractivity contribution in [2.24, 2.45) is 0 Å². The molecule has 3 amide bonds. The van der Waals surface area contributed by atoms with Gasteiger partial charge >= 0.3 is 0 Å². The Morgan fingerprint density at radius 2 is 1.68 bits per heavy atom. The van der Waals surface area contributed by atoms with Crippen LogP contribution in [0, 0.1) is 0 Å². The zero-order chi connectivity index (χ0) is 23.8. The summed E-state index contributed by atoms with van der Waals surface area (Å²) in [5.74, 6) is -0.566. The van der Waals surface area contributed by atoms with Crippen molar-refractivity contribution in [1.29, 1.82) is 0 Å². The van der Waals surface area contributed by atoms with Crippen molar-refractivity contribution in [3.63, 3.8) is 0 Å². The molecule has 3 aromatic heterocycles. The van der Waals surface area contributed by atoms with E-state index >= 15 is 0 Å². The van der Waals surface area contributed by atoms with Crippen LogP contribution in [0.15, 0.2) is 93.5 Å². The molecule has 1 aromatic carbocycles. The molecule has 1 atom stereocenters. The van der Waals surface area contributed by atoms with Gasteiger partial charge in [0.1, 0.15) is 11.8 Å². The minimum Gasteiger partial charge on any atom is -0.467 e. The van der Waals surface area contributed by atoms with Gasteiger partial charge in [0.15, 0.2) is 5.76 Å². The molecule has 0 radical (unpaired) electrons. The van der Waals surface area contributed by atoms with Crippen LogP contribution in [0.2, 0.25) is 0 Å².